The van der Waals surface area contributed by atoms with Crippen LogP contribution < -0.4 is 4.90 Å². The van der Waals surface area contributed by atoms with Gasteiger partial charge in [0, 0.05) is 44.3 Å². The molecule has 0 unspecified atom stereocenters. The van der Waals surface area contributed by atoms with Gasteiger partial charge in [-0.2, -0.15) is 0 Å². The highest BCUT2D eigenvalue weighted by atomic mass is 16.3. The molecule has 0 spiro atoms. The molecule has 0 bridgehead atoms. The van der Waals surface area contributed by atoms with Crippen LogP contribution in [-0.4, -0.2) is 4.57 Å². The number of furan rings is 1. The standard InChI is InChI=1S/C58H38N2O/c1-2-12-44-37-49(36-31-39(44)11-1)59(48-14-9-13-45(38-48)50-18-10-22-57-58(50)53-17-5-8-21-56(53)61-57)46-32-27-42(28-33-46)40-23-25-41(26-24-40)43-29-34-47(35-30-43)60-54-19-6-3-15-51(54)52-16-4-7-20-55(52)60/h1-38H. The van der Waals surface area contributed by atoms with Crippen molar-refractivity contribution in [1.82, 2.24) is 4.57 Å². The Hall–Kier alpha value is -8.14. The molecule has 3 heteroatoms. The summed E-state index contributed by atoms with van der Waals surface area (Å²) in [7, 11) is 0. The van der Waals surface area contributed by atoms with E-state index in [-0.39, 0.29) is 0 Å². The van der Waals surface area contributed by atoms with E-state index in [0.717, 1.165) is 55.8 Å². The molecule has 0 amide bonds. The lowest BCUT2D eigenvalue weighted by Crippen LogP contribution is -2.10. The third-order valence-corrected chi connectivity index (χ3v) is 12.2. The summed E-state index contributed by atoms with van der Waals surface area (Å²) in [6.07, 6.45) is 0. The average molecular weight is 779 g/mol. The summed E-state index contributed by atoms with van der Waals surface area (Å²) >= 11 is 0. The van der Waals surface area contributed by atoms with Gasteiger partial charge in [-0.1, -0.05) is 158 Å². The Balaban J connectivity index is 0.874. The van der Waals surface area contributed by atoms with Crippen LogP contribution in [0.15, 0.2) is 235 Å². The monoisotopic (exact) mass is 778 g/mol. The summed E-state index contributed by atoms with van der Waals surface area (Å²) in [5.74, 6) is 0. The van der Waals surface area contributed by atoms with Crippen molar-refractivity contribution in [2.75, 3.05) is 4.90 Å². The van der Waals surface area contributed by atoms with Crippen molar-refractivity contribution in [2.24, 2.45) is 0 Å². The van der Waals surface area contributed by atoms with Crippen LogP contribution in [0.2, 0.25) is 0 Å². The molecule has 0 saturated carbocycles. The number of aromatic nitrogens is 1. The maximum atomic E-state index is 6.28. The molecule has 3 nitrogen and oxygen atoms in total. The molecule has 0 aliphatic carbocycles. The van der Waals surface area contributed by atoms with E-state index < -0.39 is 0 Å². The molecule has 286 valence electrons. The van der Waals surface area contributed by atoms with Gasteiger partial charge in [0.1, 0.15) is 11.2 Å². The first-order valence-corrected chi connectivity index (χ1v) is 20.8. The summed E-state index contributed by atoms with van der Waals surface area (Å²) in [6.45, 7) is 0. The van der Waals surface area contributed by atoms with Crippen LogP contribution in [0.4, 0.5) is 17.1 Å². The van der Waals surface area contributed by atoms with Gasteiger partial charge >= 0.3 is 0 Å². The van der Waals surface area contributed by atoms with Crippen LogP contribution >= 0.6 is 0 Å². The number of anilines is 3. The first kappa shape index (κ1) is 34.9. The second kappa shape index (κ2) is 14.3. The molecular formula is C58H38N2O. The van der Waals surface area contributed by atoms with Crippen molar-refractivity contribution in [2.45, 2.75) is 0 Å². The topological polar surface area (TPSA) is 21.3 Å². The summed E-state index contributed by atoms with van der Waals surface area (Å²) < 4.78 is 8.64. The van der Waals surface area contributed by atoms with Crippen LogP contribution in [0.5, 0.6) is 0 Å². The second-order valence-electron chi connectivity index (χ2n) is 15.7. The molecule has 0 aliphatic rings. The number of benzene rings is 10. The Morgan fingerprint density at radius 1 is 0.328 bits per heavy atom. The minimum Gasteiger partial charge on any atom is -0.456 e. The first-order valence-electron chi connectivity index (χ1n) is 20.8. The third kappa shape index (κ3) is 5.98. The molecular weight excluding hydrogens is 741 g/mol. The average Bonchev–Trinajstić information content (AvgIpc) is 3.88. The Morgan fingerprint density at radius 3 is 1.56 bits per heavy atom. The summed E-state index contributed by atoms with van der Waals surface area (Å²) in [6, 6.07) is 82.9. The summed E-state index contributed by atoms with van der Waals surface area (Å²) in [5, 5.41) is 7.23. The molecule has 2 aromatic heterocycles. The zero-order chi connectivity index (χ0) is 40.3. The molecule has 0 atom stereocenters. The van der Waals surface area contributed by atoms with Crippen LogP contribution in [-0.2, 0) is 0 Å². The fraction of sp³-hybridized carbons (Fsp3) is 0. The number of para-hydroxylation sites is 3. The highest BCUT2D eigenvalue weighted by molar-refractivity contribution is 6.13. The van der Waals surface area contributed by atoms with Crippen molar-refractivity contribution in [3.8, 4) is 39.1 Å². The van der Waals surface area contributed by atoms with E-state index in [9.17, 15) is 0 Å². The molecule has 0 saturated heterocycles. The van der Waals surface area contributed by atoms with Crippen LogP contribution in [0.1, 0.15) is 0 Å². The number of hydrogen-bond donors (Lipinski definition) is 0. The molecule has 12 rings (SSSR count). The van der Waals surface area contributed by atoms with Crippen molar-refractivity contribution in [1.29, 1.82) is 0 Å². The van der Waals surface area contributed by atoms with Gasteiger partial charge in [0.15, 0.2) is 0 Å². The zero-order valence-corrected chi connectivity index (χ0v) is 33.2. The number of nitrogens with zero attached hydrogens (tertiary/aromatic N) is 2. The van der Waals surface area contributed by atoms with E-state index in [1.165, 1.54) is 54.8 Å². The van der Waals surface area contributed by atoms with E-state index in [0.29, 0.717) is 0 Å². The lowest BCUT2D eigenvalue weighted by molar-refractivity contribution is 0.669. The van der Waals surface area contributed by atoms with E-state index in [1.807, 2.05) is 12.1 Å². The van der Waals surface area contributed by atoms with E-state index >= 15 is 0 Å². The predicted molar refractivity (Wildman–Crippen MR) is 257 cm³/mol. The van der Waals surface area contributed by atoms with Crippen molar-refractivity contribution < 1.29 is 4.42 Å². The number of hydrogen-bond acceptors (Lipinski definition) is 2. The van der Waals surface area contributed by atoms with E-state index in [4.69, 9.17) is 4.42 Å². The van der Waals surface area contributed by atoms with Crippen LogP contribution in [0.3, 0.4) is 0 Å². The van der Waals surface area contributed by atoms with Crippen LogP contribution in [0.25, 0.3) is 93.6 Å². The van der Waals surface area contributed by atoms with Crippen LogP contribution in [0, 0.1) is 0 Å². The summed E-state index contributed by atoms with van der Waals surface area (Å²) in [5.41, 5.74) is 15.7. The maximum absolute atomic E-state index is 6.28. The smallest absolute Gasteiger partial charge is 0.136 e. The molecule has 2 heterocycles. The lowest BCUT2D eigenvalue weighted by Gasteiger charge is -2.26. The summed E-state index contributed by atoms with van der Waals surface area (Å²) in [4.78, 5) is 2.36. The van der Waals surface area contributed by atoms with Gasteiger partial charge < -0.3 is 13.9 Å². The largest absolute Gasteiger partial charge is 0.456 e. The number of rotatable bonds is 7. The van der Waals surface area contributed by atoms with Gasteiger partial charge in [-0.25, -0.2) is 0 Å². The Morgan fingerprint density at radius 2 is 0.852 bits per heavy atom. The Bertz CT molecular complexity index is 3520. The molecule has 10 aromatic carbocycles. The van der Waals surface area contributed by atoms with Crippen molar-refractivity contribution in [3.05, 3.63) is 231 Å². The van der Waals surface area contributed by atoms with Gasteiger partial charge in [0.05, 0.1) is 11.0 Å². The second-order valence-corrected chi connectivity index (χ2v) is 15.7. The fourth-order valence-corrected chi connectivity index (χ4v) is 9.25. The van der Waals surface area contributed by atoms with Gasteiger partial charge in [-0.3, -0.25) is 0 Å². The highest BCUT2D eigenvalue weighted by Crippen LogP contribution is 2.42. The molecule has 61 heavy (non-hydrogen) atoms. The van der Waals surface area contributed by atoms with Gasteiger partial charge in [-0.15, -0.1) is 0 Å². The fourth-order valence-electron chi connectivity index (χ4n) is 9.25. The molecule has 0 fully saturated rings. The zero-order valence-electron chi connectivity index (χ0n) is 33.2. The predicted octanol–water partition coefficient (Wildman–Crippen LogP) is 16.3. The van der Waals surface area contributed by atoms with E-state index in [1.54, 1.807) is 0 Å². The normalized spacial score (nSPS) is 11.6. The lowest BCUT2D eigenvalue weighted by atomic mass is 9.98. The molecule has 12 aromatic rings. The molecule has 0 aliphatic heterocycles. The van der Waals surface area contributed by atoms with E-state index in [2.05, 4.69) is 228 Å². The van der Waals surface area contributed by atoms with Gasteiger partial charge in [-0.05, 0) is 117 Å². The Kier molecular flexibility index (Phi) is 8.17. The van der Waals surface area contributed by atoms with Crippen molar-refractivity contribution >= 4 is 71.6 Å². The number of fused-ring (bicyclic) bond motifs is 7. The molecule has 0 N–H and O–H groups in total. The SMILES string of the molecule is c1cc(-c2cccc3oc4ccccc4c23)cc(N(c2ccc(-c3ccc(-c4ccc(-n5c6ccccc6c6ccccc65)cc4)cc3)cc2)c2ccc3ccccc3c2)c1. The van der Waals surface area contributed by atoms with Gasteiger partial charge in [0.2, 0.25) is 0 Å². The maximum Gasteiger partial charge on any atom is 0.136 e. The molecule has 0 radical (unpaired) electrons. The third-order valence-electron chi connectivity index (χ3n) is 12.2. The minimum absolute atomic E-state index is 0.896. The highest BCUT2D eigenvalue weighted by Gasteiger charge is 2.18. The Labute approximate surface area is 353 Å². The van der Waals surface area contributed by atoms with Gasteiger partial charge in [0.25, 0.3) is 0 Å². The minimum atomic E-state index is 0.896. The first-order chi connectivity index (χ1) is 30.2. The van der Waals surface area contributed by atoms with Crippen molar-refractivity contribution in [3.63, 3.8) is 0 Å². The quantitative estimate of drug-likeness (QED) is 0.161.